The van der Waals surface area contributed by atoms with Gasteiger partial charge in [-0.3, -0.25) is 9.69 Å². The first-order chi connectivity index (χ1) is 14.3. The minimum Gasteiger partial charge on any atom is -0.331 e. The highest BCUT2D eigenvalue weighted by Crippen LogP contribution is 2.22. The van der Waals surface area contributed by atoms with Gasteiger partial charge >= 0.3 is 0 Å². The number of piperidine rings is 1. The molecule has 1 saturated heterocycles. The number of rotatable bonds is 5. The Hall–Kier alpha value is -2.74. The Balaban J connectivity index is 1.20. The molecule has 3 aromatic rings. The molecule has 0 bridgehead atoms. The van der Waals surface area contributed by atoms with E-state index >= 15 is 0 Å². The molecule has 0 aliphatic carbocycles. The maximum absolute atomic E-state index is 12.3. The van der Waals surface area contributed by atoms with Crippen LogP contribution in [-0.2, 0) is 26.1 Å². The molecule has 8 nitrogen and oxygen atoms in total. The van der Waals surface area contributed by atoms with Crippen LogP contribution in [0.3, 0.4) is 0 Å². The van der Waals surface area contributed by atoms with Crippen LogP contribution in [0.25, 0.3) is 5.82 Å². The van der Waals surface area contributed by atoms with Gasteiger partial charge in [-0.2, -0.15) is 5.10 Å². The van der Waals surface area contributed by atoms with E-state index in [1.807, 2.05) is 12.3 Å². The van der Waals surface area contributed by atoms with Crippen LogP contribution in [-0.4, -0.2) is 47.1 Å². The van der Waals surface area contributed by atoms with Gasteiger partial charge in [-0.1, -0.05) is 0 Å². The van der Waals surface area contributed by atoms with E-state index in [1.165, 1.54) is 24.4 Å². The third kappa shape index (κ3) is 3.89. The molecule has 5 heterocycles. The van der Waals surface area contributed by atoms with Gasteiger partial charge in [0.2, 0.25) is 0 Å². The molecule has 5 rings (SSSR count). The summed E-state index contributed by atoms with van der Waals surface area (Å²) in [5, 5.41) is 8.72. The summed E-state index contributed by atoms with van der Waals surface area (Å²) in [5.41, 5.74) is 1.30. The zero-order chi connectivity index (χ0) is 19.6. The fourth-order valence-corrected chi connectivity index (χ4v) is 4.50. The predicted octanol–water partition coefficient (Wildman–Crippen LogP) is 1.87. The number of aromatic nitrogens is 6. The molecule has 0 radical (unpaired) electrons. The van der Waals surface area contributed by atoms with Crippen molar-refractivity contribution in [3.05, 3.63) is 58.7 Å². The third-order valence-corrected chi connectivity index (χ3v) is 6.17. The summed E-state index contributed by atoms with van der Waals surface area (Å²) in [7, 11) is 0. The molecular weight excluding hydrogens is 366 g/mol. The Morgan fingerprint density at radius 3 is 2.83 bits per heavy atom. The lowest BCUT2D eigenvalue weighted by Gasteiger charge is -2.32. The van der Waals surface area contributed by atoms with Crippen molar-refractivity contribution in [3.63, 3.8) is 0 Å². The van der Waals surface area contributed by atoms with Crippen molar-refractivity contribution in [3.8, 4) is 5.82 Å². The summed E-state index contributed by atoms with van der Waals surface area (Å²) in [6, 6.07) is 5.16. The first-order valence-corrected chi connectivity index (χ1v) is 10.6. The molecule has 0 spiro atoms. The summed E-state index contributed by atoms with van der Waals surface area (Å²) in [4.78, 5) is 19.4. The van der Waals surface area contributed by atoms with E-state index < -0.39 is 0 Å². The van der Waals surface area contributed by atoms with E-state index in [2.05, 4.69) is 30.8 Å². The lowest BCUT2D eigenvalue weighted by Crippen LogP contribution is -2.37. The molecule has 3 aromatic heterocycles. The molecule has 0 N–H and O–H groups in total. The van der Waals surface area contributed by atoms with Gasteiger partial charge in [-0.05, 0) is 56.8 Å². The second-order valence-corrected chi connectivity index (χ2v) is 8.16. The first kappa shape index (κ1) is 18.3. The van der Waals surface area contributed by atoms with Gasteiger partial charge < -0.3 is 4.57 Å². The number of nitrogens with zero attached hydrogens (tertiary/aromatic N) is 7. The minimum atomic E-state index is -0.0470. The average molecular weight is 393 g/mol. The molecule has 1 fully saturated rings. The molecule has 0 unspecified atom stereocenters. The normalized spacial score (nSPS) is 18.1. The van der Waals surface area contributed by atoms with Gasteiger partial charge in [0, 0.05) is 50.7 Å². The van der Waals surface area contributed by atoms with Crippen molar-refractivity contribution in [2.45, 2.75) is 51.7 Å². The van der Waals surface area contributed by atoms with Gasteiger partial charge in [0.15, 0.2) is 5.82 Å². The maximum Gasteiger partial charge on any atom is 0.266 e. The van der Waals surface area contributed by atoms with E-state index in [4.69, 9.17) is 0 Å². The number of aryl methyl sites for hydroxylation is 1. The highest BCUT2D eigenvalue weighted by atomic mass is 16.1. The number of hydrogen-bond acceptors (Lipinski definition) is 5. The highest BCUT2D eigenvalue weighted by Gasteiger charge is 2.22. The quantitative estimate of drug-likeness (QED) is 0.662. The number of likely N-dealkylation sites (tertiary alicyclic amines) is 1. The van der Waals surface area contributed by atoms with E-state index in [0.29, 0.717) is 18.3 Å². The Kier molecular flexibility index (Phi) is 5.01. The van der Waals surface area contributed by atoms with Crippen LogP contribution < -0.4 is 5.56 Å². The van der Waals surface area contributed by atoms with Crippen LogP contribution >= 0.6 is 0 Å². The van der Waals surface area contributed by atoms with Crippen molar-refractivity contribution < 1.29 is 0 Å². The zero-order valence-electron chi connectivity index (χ0n) is 16.7. The molecule has 0 aromatic carbocycles. The Morgan fingerprint density at radius 2 is 2.00 bits per heavy atom. The second kappa shape index (κ2) is 7.94. The lowest BCUT2D eigenvalue weighted by atomic mass is 9.96. The van der Waals surface area contributed by atoms with Crippen LogP contribution in [0.5, 0.6) is 0 Å². The van der Waals surface area contributed by atoms with Crippen molar-refractivity contribution >= 4 is 0 Å². The van der Waals surface area contributed by atoms with E-state index in [0.717, 1.165) is 45.4 Å². The molecule has 152 valence electrons. The van der Waals surface area contributed by atoms with E-state index in [9.17, 15) is 4.79 Å². The topological polar surface area (TPSA) is 73.8 Å². The fraction of sp³-hybridized carbons (Fsp3) is 0.524. The lowest BCUT2D eigenvalue weighted by molar-refractivity contribution is 0.160. The molecule has 0 atom stereocenters. The van der Waals surface area contributed by atoms with Gasteiger partial charge in [0.1, 0.15) is 5.82 Å². The molecule has 0 saturated carbocycles. The first-order valence-electron chi connectivity index (χ1n) is 10.6. The summed E-state index contributed by atoms with van der Waals surface area (Å²) >= 11 is 0. The smallest absolute Gasteiger partial charge is 0.266 e. The number of hydrogen-bond donors (Lipinski definition) is 0. The van der Waals surface area contributed by atoms with E-state index in [1.54, 1.807) is 27.7 Å². The van der Waals surface area contributed by atoms with Gasteiger partial charge in [-0.15, -0.1) is 5.10 Å². The summed E-state index contributed by atoms with van der Waals surface area (Å²) in [5.74, 6) is 2.41. The largest absolute Gasteiger partial charge is 0.331 e. The SMILES string of the molecule is O=c1ccc(-n2cccn2)nn1CC1CCN(Cc2cnc3n2CCCC3)CC1. The second-order valence-electron chi connectivity index (χ2n) is 8.16. The van der Waals surface area contributed by atoms with Crippen molar-refractivity contribution in [1.29, 1.82) is 0 Å². The number of fused-ring (bicyclic) bond motifs is 1. The number of imidazole rings is 1. The average Bonchev–Trinajstić information content (AvgIpc) is 3.42. The summed E-state index contributed by atoms with van der Waals surface area (Å²) < 4.78 is 5.70. The van der Waals surface area contributed by atoms with Gasteiger partial charge in [0.25, 0.3) is 5.56 Å². The highest BCUT2D eigenvalue weighted by molar-refractivity contribution is 5.17. The minimum absolute atomic E-state index is 0.0470. The Morgan fingerprint density at radius 1 is 1.10 bits per heavy atom. The molecule has 8 heteroatoms. The monoisotopic (exact) mass is 393 g/mol. The van der Waals surface area contributed by atoms with Crippen LogP contribution in [0, 0.1) is 5.92 Å². The summed E-state index contributed by atoms with van der Waals surface area (Å²) in [6.45, 7) is 4.87. The third-order valence-electron chi connectivity index (χ3n) is 6.17. The maximum atomic E-state index is 12.3. The van der Waals surface area contributed by atoms with Crippen LogP contribution in [0.2, 0.25) is 0 Å². The van der Waals surface area contributed by atoms with Crippen LogP contribution in [0.4, 0.5) is 0 Å². The van der Waals surface area contributed by atoms with Crippen LogP contribution in [0.1, 0.15) is 37.2 Å². The molecule has 0 amide bonds. The molecule has 2 aliphatic heterocycles. The molecular formula is C21H27N7O. The zero-order valence-corrected chi connectivity index (χ0v) is 16.7. The van der Waals surface area contributed by atoms with Crippen molar-refractivity contribution in [2.75, 3.05) is 13.1 Å². The van der Waals surface area contributed by atoms with Crippen molar-refractivity contribution in [1.82, 2.24) is 34.0 Å². The van der Waals surface area contributed by atoms with Gasteiger partial charge in [-0.25, -0.2) is 14.3 Å². The van der Waals surface area contributed by atoms with Crippen molar-refractivity contribution in [2.24, 2.45) is 5.92 Å². The molecule has 2 aliphatic rings. The summed E-state index contributed by atoms with van der Waals surface area (Å²) in [6.07, 6.45) is 11.4. The Bertz CT molecular complexity index is 1010. The van der Waals surface area contributed by atoms with Crippen LogP contribution in [0.15, 0.2) is 41.6 Å². The van der Waals surface area contributed by atoms with Gasteiger partial charge in [0.05, 0.1) is 5.69 Å². The fourth-order valence-electron chi connectivity index (χ4n) is 4.50. The van der Waals surface area contributed by atoms with E-state index in [-0.39, 0.29) is 5.56 Å². The Labute approximate surface area is 169 Å². The molecule has 29 heavy (non-hydrogen) atoms. The predicted molar refractivity (Wildman–Crippen MR) is 109 cm³/mol. The standard InChI is InChI=1S/C21H27N7O/c29-21-6-5-20(27-11-3-9-23-27)24-28(21)15-17-7-12-25(13-8-17)16-18-14-22-19-4-1-2-10-26(18)19/h3,5-6,9,11,14,17H,1-2,4,7-8,10,12-13,15-16H2.